The number of H-pyrrole nitrogens is 1. The molecule has 0 spiro atoms. The molecule has 0 aliphatic heterocycles. The summed E-state index contributed by atoms with van der Waals surface area (Å²) in [4.78, 5) is 15.2. The van der Waals surface area contributed by atoms with Crippen LogP contribution in [-0.4, -0.2) is 19.9 Å². The third-order valence-electron chi connectivity index (χ3n) is 2.92. The van der Waals surface area contributed by atoms with Crippen molar-refractivity contribution in [1.29, 1.82) is 5.26 Å². The molecule has 2 heterocycles. The van der Waals surface area contributed by atoms with Crippen molar-refractivity contribution in [2.45, 2.75) is 6.92 Å². The Morgan fingerprint density at radius 3 is 3.00 bits per heavy atom. The molecule has 0 fully saturated rings. The van der Waals surface area contributed by atoms with Crippen LogP contribution in [0.15, 0.2) is 24.5 Å². The van der Waals surface area contributed by atoms with Crippen molar-refractivity contribution in [2.24, 2.45) is 0 Å². The van der Waals surface area contributed by atoms with Crippen LogP contribution >= 0.6 is 0 Å². The molecule has 0 aliphatic rings. The van der Waals surface area contributed by atoms with E-state index in [-0.39, 0.29) is 5.95 Å². The summed E-state index contributed by atoms with van der Waals surface area (Å²) in [7, 11) is 0. The van der Waals surface area contributed by atoms with Crippen molar-refractivity contribution in [3.8, 4) is 6.07 Å². The van der Waals surface area contributed by atoms with Gasteiger partial charge in [-0.25, -0.2) is 4.98 Å². The molecular weight excluding hydrogens is 254 g/mol. The Labute approximate surface area is 114 Å². The summed E-state index contributed by atoms with van der Waals surface area (Å²) < 4.78 is 0. The zero-order chi connectivity index (χ0) is 14.1. The molecule has 4 N–H and O–H groups in total. The van der Waals surface area contributed by atoms with E-state index in [1.165, 1.54) is 6.33 Å². The van der Waals surface area contributed by atoms with E-state index in [0.717, 1.165) is 11.3 Å². The van der Waals surface area contributed by atoms with Crippen LogP contribution in [0.2, 0.25) is 0 Å². The molecule has 98 valence electrons. The lowest BCUT2D eigenvalue weighted by atomic mass is 10.1. The minimum absolute atomic E-state index is 0.140. The molecule has 0 amide bonds. The molecule has 0 unspecified atom stereocenters. The number of aryl methyl sites for hydroxylation is 1. The standard InChI is InChI=1S/C13H11N7/c1-7-2-3-8(5-14)4-9(7)18-12-10-11(17-6-16-10)19-13(15)20-12/h2-4,6H,1H3,(H4,15,16,17,18,19,20). The van der Waals surface area contributed by atoms with E-state index in [2.05, 4.69) is 31.3 Å². The third-order valence-corrected chi connectivity index (χ3v) is 2.92. The van der Waals surface area contributed by atoms with Crippen molar-refractivity contribution in [2.75, 3.05) is 11.1 Å². The number of anilines is 3. The summed E-state index contributed by atoms with van der Waals surface area (Å²) in [6.07, 6.45) is 1.53. The van der Waals surface area contributed by atoms with Crippen molar-refractivity contribution < 1.29 is 0 Å². The van der Waals surface area contributed by atoms with Gasteiger partial charge in [-0.15, -0.1) is 0 Å². The molecular formula is C13H11N7. The van der Waals surface area contributed by atoms with E-state index in [0.29, 0.717) is 22.5 Å². The maximum Gasteiger partial charge on any atom is 0.224 e. The van der Waals surface area contributed by atoms with Crippen LogP contribution in [-0.2, 0) is 0 Å². The van der Waals surface area contributed by atoms with Gasteiger partial charge in [-0.05, 0) is 24.6 Å². The van der Waals surface area contributed by atoms with Gasteiger partial charge in [0.05, 0.1) is 18.0 Å². The second-order valence-corrected chi connectivity index (χ2v) is 4.30. The predicted molar refractivity (Wildman–Crippen MR) is 75.3 cm³/mol. The lowest BCUT2D eigenvalue weighted by molar-refractivity contribution is 1.21. The Morgan fingerprint density at radius 2 is 2.20 bits per heavy atom. The van der Waals surface area contributed by atoms with Crippen LogP contribution in [0.25, 0.3) is 11.2 Å². The number of aromatic nitrogens is 4. The molecule has 7 heteroatoms. The average molecular weight is 265 g/mol. The SMILES string of the molecule is Cc1ccc(C#N)cc1Nc1nc(N)nc2nc[nH]c12. The number of hydrogen-bond acceptors (Lipinski definition) is 6. The molecule has 0 saturated heterocycles. The predicted octanol–water partition coefficient (Wildman–Crippen LogP) is 1.86. The zero-order valence-electron chi connectivity index (χ0n) is 10.7. The Kier molecular flexibility index (Phi) is 2.69. The number of nitrogens with one attached hydrogen (secondary N) is 2. The maximum atomic E-state index is 8.96. The molecule has 0 aliphatic carbocycles. The van der Waals surface area contributed by atoms with Gasteiger partial charge in [0.25, 0.3) is 0 Å². The van der Waals surface area contributed by atoms with Gasteiger partial charge in [0, 0.05) is 5.69 Å². The Morgan fingerprint density at radius 1 is 1.35 bits per heavy atom. The van der Waals surface area contributed by atoms with Crippen LogP contribution in [0.4, 0.5) is 17.5 Å². The average Bonchev–Trinajstić information content (AvgIpc) is 2.89. The number of nitrogens with two attached hydrogens (primary N) is 1. The van der Waals surface area contributed by atoms with E-state index in [4.69, 9.17) is 11.0 Å². The number of hydrogen-bond donors (Lipinski definition) is 3. The highest BCUT2D eigenvalue weighted by Gasteiger charge is 2.10. The first-order valence-electron chi connectivity index (χ1n) is 5.92. The maximum absolute atomic E-state index is 8.96. The second kappa shape index (κ2) is 4.51. The van der Waals surface area contributed by atoms with Crippen LogP contribution in [0.5, 0.6) is 0 Å². The first-order valence-corrected chi connectivity index (χ1v) is 5.92. The summed E-state index contributed by atoms with van der Waals surface area (Å²) >= 11 is 0. The lowest BCUT2D eigenvalue weighted by Gasteiger charge is -2.10. The van der Waals surface area contributed by atoms with Gasteiger partial charge in [0.1, 0.15) is 5.52 Å². The molecule has 0 bridgehead atoms. The normalized spacial score (nSPS) is 10.4. The molecule has 0 radical (unpaired) electrons. The minimum atomic E-state index is 0.140. The Balaban J connectivity index is 2.09. The quantitative estimate of drug-likeness (QED) is 0.651. The summed E-state index contributed by atoms with van der Waals surface area (Å²) in [6, 6.07) is 7.50. The Hall–Kier alpha value is -3.14. The number of fused-ring (bicyclic) bond motifs is 1. The van der Waals surface area contributed by atoms with Crippen LogP contribution in [0, 0.1) is 18.3 Å². The highest BCUT2D eigenvalue weighted by Crippen LogP contribution is 2.25. The molecule has 20 heavy (non-hydrogen) atoms. The summed E-state index contributed by atoms with van der Waals surface area (Å²) in [5.41, 5.74) is 9.18. The summed E-state index contributed by atoms with van der Waals surface area (Å²) in [5, 5.41) is 12.1. The van der Waals surface area contributed by atoms with Crippen molar-refractivity contribution in [1.82, 2.24) is 19.9 Å². The largest absolute Gasteiger partial charge is 0.368 e. The summed E-state index contributed by atoms with van der Waals surface area (Å²) in [5.74, 6) is 0.671. The molecule has 0 atom stereocenters. The molecule has 0 saturated carbocycles. The molecule has 7 nitrogen and oxygen atoms in total. The first-order chi connectivity index (χ1) is 9.67. The van der Waals surface area contributed by atoms with E-state index in [1.807, 2.05) is 13.0 Å². The van der Waals surface area contributed by atoms with E-state index in [9.17, 15) is 0 Å². The van der Waals surface area contributed by atoms with E-state index < -0.39 is 0 Å². The van der Waals surface area contributed by atoms with Gasteiger partial charge >= 0.3 is 0 Å². The molecule has 3 rings (SSSR count). The van der Waals surface area contributed by atoms with Crippen LogP contribution < -0.4 is 11.1 Å². The van der Waals surface area contributed by atoms with Gasteiger partial charge in [0.15, 0.2) is 11.5 Å². The topological polar surface area (TPSA) is 116 Å². The lowest BCUT2D eigenvalue weighted by Crippen LogP contribution is -2.02. The van der Waals surface area contributed by atoms with Gasteiger partial charge in [-0.3, -0.25) is 0 Å². The van der Waals surface area contributed by atoms with Gasteiger partial charge in [-0.1, -0.05) is 6.07 Å². The van der Waals surface area contributed by atoms with Gasteiger partial charge < -0.3 is 16.0 Å². The van der Waals surface area contributed by atoms with E-state index in [1.54, 1.807) is 12.1 Å². The number of benzene rings is 1. The number of nitrogen functional groups attached to an aromatic ring is 1. The fraction of sp³-hybridized carbons (Fsp3) is 0.0769. The minimum Gasteiger partial charge on any atom is -0.368 e. The number of rotatable bonds is 2. The number of aromatic amines is 1. The fourth-order valence-electron chi connectivity index (χ4n) is 1.89. The second-order valence-electron chi connectivity index (χ2n) is 4.30. The highest BCUT2D eigenvalue weighted by molar-refractivity contribution is 5.86. The number of nitriles is 1. The molecule has 3 aromatic rings. The number of imidazole rings is 1. The van der Waals surface area contributed by atoms with Gasteiger partial charge in [-0.2, -0.15) is 15.2 Å². The molecule has 2 aromatic heterocycles. The van der Waals surface area contributed by atoms with Crippen LogP contribution in [0.3, 0.4) is 0 Å². The first kappa shape index (κ1) is 11.9. The summed E-state index contributed by atoms with van der Waals surface area (Å²) in [6.45, 7) is 1.94. The van der Waals surface area contributed by atoms with Crippen LogP contribution in [0.1, 0.15) is 11.1 Å². The number of nitrogens with zero attached hydrogens (tertiary/aromatic N) is 4. The highest BCUT2D eigenvalue weighted by atomic mass is 15.1. The van der Waals surface area contributed by atoms with Crippen molar-refractivity contribution >= 4 is 28.6 Å². The van der Waals surface area contributed by atoms with Crippen molar-refractivity contribution in [3.05, 3.63) is 35.7 Å². The molecule has 1 aromatic carbocycles. The zero-order valence-corrected chi connectivity index (χ0v) is 10.7. The Bertz CT molecular complexity index is 828. The van der Waals surface area contributed by atoms with Gasteiger partial charge in [0.2, 0.25) is 5.95 Å². The smallest absolute Gasteiger partial charge is 0.224 e. The van der Waals surface area contributed by atoms with E-state index >= 15 is 0 Å². The van der Waals surface area contributed by atoms with Crippen molar-refractivity contribution in [3.63, 3.8) is 0 Å². The fourth-order valence-corrected chi connectivity index (χ4v) is 1.89. The monoisotopic (exact) mass is 265 g/mol. The third kappa shape index (κ3) is 1.99.